The first-order valence-corrected chi connectivity index (χ1v) is 8.05. The Morgan fingerprint density at radius 2 is 2.25 bits per heavy atom. The van der Waals surface area contributed by atoms with Gasteiger partial charge in [0.15, 0.2) is 5.96 Å². The van der Waals surface area contributed by atoms with E-state index in [4.69, 9.17) is 4.99 Å². The molecule has 1 aliphatic rings. The number of β-amino-alcohol motifs (C(OH)–C–C–N with tert-alkyl or cyclic N) is 1. The molecule has 6 nitrogen and oxygen atoms in total. The average molecular weight is 441 g/mol. The molecule has 130 valence electrons. The summed E-state index contributed by atoms with van der Waals surface area (Å²) in [6.07, 6.45) is 6.05. The van der Waals surface area contributed by atoms with Gasteiger partial charge in [0, 0.05) is 32.0 Å². The van der Waals surface area contributed by atoms with E-state index < -0.39 is 0 Å². The van der Waals surface area contributed by atoms with Crippen LogP contribution >= 0.6 is 24.0 Å². The van der Waals surface area contributed by atoms with Gasteiger partial charge in [-0.05, 0) is 25.0 Å². The Balaban J connectivity index is 0.00000208. The normalized spacial score (nSPS) is 17.7. The molecule has 0 spiro atoms. The van der Waals surface area contributed by atoms with E-state index in [9.17, 15) is 5.11 Å². The van der Waals surface area contributed by atoms with Crippen molar-refractivity contribution in [1.82, 2.24) is 19.8 Å². The third kappa shape index (κ3) is 4.47. The van der Waals surface area contributed by atoms with E-state index in [2.05, 4.69) is 34.3 Å². The first-order chi connectivity index (χ1) is 11.3. The topological polar surface area (TPSA) is 65.7 Å². The minimum absolute atomic E-state index is 0. The van der Waals surface area contributed by atoms with E-state index in [1.165, 1.54) is 0 Å². The van der Waals surface area contributed by atoms with Gasteiger partial charge in [-0.1, -0.05) is 18.2 Å². The summed E-state index contributed by atoms with van der Waals surface area (Å²) in [6, 6.07) is 8.20. The third-order valence-electron chi connectivity index (χ3n) is 3.97. The van der Waals surface area contributed by atoms with E-state index in [0.717, 1.165) is 36.7 Å². The van der Waals surface area contributed by atoms with Crippen LogP contribution in [0.15, 0.2) is 48.0 Å². The lowest BCUT2D eigenvalue weighted by Crippen LogP contribution is -2.40. The van der Waals surface area contributed by atoms with Crippen LogP contribution in [-0.2, 0) is 6.54 Å². The monoisotopic (exact) mass is 441 g/mol. The molecule has 2 heterocycles. The molecule has 0 unspecified atom stereocenters. The molecule has 1 aromatic heterocycles. The molecule has 1 atom stereocenters. The van der Waals surface area contributed by atoms with Crippen molar-refractivity contribution in [1.29, 1.82) is 0 Å². The van der Waals surface area contributed by atoms with Crippen LogP contribution in [-0.4, -0.2) is 51.3 Å². The van der Waals surface area contributed by atoms with Gasteiger partial charge in [0.1, 0.15) is 0 Å². The van der Waals surface area contributed by atoms with Gasteiger partial charge in [0.05, 0.1) is 24.7 Å². The van der Waals surface area contributed by atoms with Crippen molar-refractivity contribution < 1.29 is 5.11 Å². The maximum atomic E-state index is 9.74. The fourth-order valence-corrected chi connectivity index (χ4v) is 2.82. The molecule has 1 fully saturated rings. The number of nitrogens with one attached hydrogen (secondary N) is 1. The number of hydrogen-bond donors (Lipinski definition) is 2. The highest BCUT2D eigenvalue weighted by atomic mass is 127. The van der Waals surface area contributed by atoms with Crippen molar-refractivity contribution >= 4 is 29.9 Å². The molecular weight excluding hydrogens is 417 g/mol. The van der Waals surface area contributed by atoms with Gasteiger partial charge in [0.25, 0.3) is 0 Å². The highest BCUT2D eigenvalue weighted by molar-refractivity contribution is 14.0. The van der Waals surface area contributed by atoms with Crippen molar-refractivity contribution in [2.45, 2.75) is 26.0 Å². The van der Waals surface area contributed by atoms with Crippen molar-refractivity contribution in [3.8, 4) is 5.69 Å². The summed E-state index contributed by atoms with van der Waals surface area (Å²) in [5.74, 6) is 0.865. The number of hydrogen-bond acceptors (Lipinski definition) is 3. The Hall–Kier alpha value is -1.61. The Labute approximate surface area is 159 Å². The molecule has 1 aromatic carbocycles. The number of nitrogens with zero attached hydrogens (tertiary/aromatic N) is 4. The fourth-order valence-electron chi connectivity index (χ4n) is 2.82. The Bertz CT molecular complexity index is 659. The van der Waals surface area contributed by atoms with Gasteiger partial charge in [-0.15, -0.1) is 24.0 Å². The van der Waals surface area contributed by atoms with Gasteiger partial charge in [0.2, 0.25) is 0 Å². The highest BCUT2D eigenvalue weighted by Crippen LogP contribution is 2.16. The van der Waals surface area contributed by atoms with Crippen LogP contribution in [0.3, 0.4) is 0 Å². The van der Waals surface area contributed by atoms with E-state index in [0.29, 0.717) is 13.1 Å². The lowest BCUT2D eigenvalue weighted by molar-refractivity contribution is 0.188. The zero-order chi connectivity index (χ0) is 16.1. The minimum Gasteiger partial charge on any atom is -0.391 e. The molecule has 2 aromatic rings. The Kier molecular flexibility index (Phi) is 7.04. The van der Waals surface area contributed by atoms with Gasteiger partial charge < -0.3 is 19.9 Å². The average Bonchev–Trinajstić information content (AvgIpc) is 3.23. The van der Waals surface area contributed by atoms with Crippen LogP contribution < -0.4 is 5.32 Å². The molecule has 1 aliphatic heterocycles. The first kappa shape index (κ1) is 18.7. The summed E-state index contributed by atoms with van der Waals surface area (Å²) in [7, 11) is 0. The molecule has 0 aliphatic carbocycles. The number of likely N-dealkylation sites (tertiary alicyclic amines) is 1. The fraction of sp³-hybridized carbons (Fsp3) is 0.412. The smallest absolute Gasteiger partial charge is 0.194 e. The largest absolute Gasteiger partial charge is 0.391 e. The van der Waals surface area contributed by atoms with Gasteiger partial charge in [-0.3, -0.25) is 0 Å². The van der Waals surface area contributed by atoms with E-state index in [-0.39, 0.29) is 30.1 Å². The minimum atomic E-state index is -0.253. The SMILES string of the molecule is CCNC(=NCc1ccccc1-n1ccnc1)N1CC[C@@H](O)C1.I. The van der Waals surface area contributed by atoms with E-state index in [1.807, 2.05) is 22.9 Å². The number of aliphatic hydroxyl groups is 1. The molecule has 0 saturated carbocycles. The van der Waals surface area contributed by atoms with Crippen LogP contribution in [0.5, 0.6) is 0 Å². The van der Waals surface area contributed by atoms with Crippen LogP contribution in [0.1, 0.15) is 18.9 Å². The molecule has 0 amide bonds. The lowest BCUT2D eigenvalue weighted by Gasteiger charge is -2.21. The summed E-state index contributed by atoms with van der Waals surface area (Å²) in [4.78, 5) is 11.0. The number of para-hydroxylation sites is 1. The number of halogens is 1. The highest BCUT2D eigenvalue weighted by Gasteiger charge is 2.22. The second-order valence-corrected chi connectivity index (χ2v) is 5.66. The van der Waals surface area contributed by atoms with E-state index in [1.54, 1.807) is 12.5 Å². The number of aliphatic imine (C=N–C) groups is 1. The molecular formula is C17H24IN5O. The van der Waals surface area contributed by atoms with Crippen LogP contribution in [0.25, 0.3) is 5.69 Å². The predicted octanol–water partition coefficient (Wildman–Crippen LogP) is 2.02. The summed E-state index contributed by atoms with van der Waals surface area (Å²) >= 11 is 0. The molecule has 0 radical (unpaired) electrons. The summed E-state index contributed by atoms with van der Waals surface area (Å²) in [5.41, 5.74) is 2.23. The zero-order valence-corrected chi connectivity index (χ0v) is 16.1. The maximum absolute atomic E-state index is 9.74. The third-order valence-corrected chi connectivity index (χ3v) is 3.97. The number of aliphatic hydroxyl groups excluding tert-OH is 1. The second kappa shape index (κ2) is 9.03. The number of guanidine groups is 1. The van der Waals surface area contributed by atoms with Crippen molar-refractivity contribution in [2.24, 2.45) is 4.99 Å². The summed E-state index contributed by atoms with van der Waals surface area (Å²) in [5, 5.41) is 13.1. The van der Waals surface area contributed by atoms with E-state index >= 15 is 0 Å². The van der Waals surface area contributed by atoms with Gasteiger partial charge >= 0.3 is 0 Å². The summed E-state index contributed by atoms with van der Waals surface area (Å²) in [6.45, 7) is 4.95. The molecule has 3 rings (SSSR count). The Morgan fingerprint density at radius 1 is 1.42 bits per heavy atom. The van der Waals surface area contributed by atoms with Gasteiger partial charge in [-0.2, -0.15) is 0 Å². The van der Waals surface area contributed by atoms with Crippen molar-refractivity contribution in [3.05, 3.63) is 48.5 Å². The first-order valence-electron chi connectivity index (χ1n) is 8.05. The molecule has 1 saturated heterocycles. The number of benzene rings is 1. The number of aromatic nitrogens is 2. The second-order valence-electron chi connectivity index (χ2n) is 5.66. The van der Waals surface area contributed by atoms with Crippen LogP contribution in [0.2, 0.25) is 0 Å². The van der Waals surface area contributed by atoms with Crippen LogP contribution in [0, 0.1) is 0 Å². The summed E-state index contributed by atoms with van der Waals surface area (Å²) < 4.78 is 2.00. The lowest BCUT2D eigenvalue weighted by atomic mass is 10.2. The maximum Gasteiger partial charge on any atom is 0.194 e. The van der Waals surface area contributed by atoms with Crippen molar-refractivity contribution in [2.75, 3.05) is 19.6 Å². The predicted molar refractivity (Wildman–Crippen MR) is 106 cm³/mol. The van der Waals surface area contributed by atoms with Crippen LogP contribution in [0.4, 0.5) is 0 Å². The van der Waals surface area contributed by atoms with Gasteiger partial charge in [-0.25, -0.2) is 9.98 Å². The zero-order valence-electron chi connectivity index (χ0n) is 13.8. The number of imidazole rings is 1. The molecule has 0 bridgehead atoms. The molecule has 24 heavy (non-hydrogen) atoms. The number of rotatable bonds is 4. The van der Waals surface area contributed by atoms with Crippen molar-refractivity contribution in [3.63, 3.8) is 0 Å². The Morgan fingerprint density at radius 3 is 2.92 bits per heavy atom. The molecule has 7 heteroatoms. The standard InChI is InChI=1S/C17H23N5O.HI/c1-2-19-17(21-9-7-15(23)12-21)20-11-14-5-3-4-6-16(14)22-10-8-18-13-22;/h3-6,8,10,13,15,23H,2,7,9,11-12H2,1H3,(H,19,20);1H/t15-;/m1./s1. The molecule has 2 N–H and O–H groups in total. The quantitative estimate of drug-likeness (QED) is 0.433.